The minimum absolute atomic E-state index is 0.0191. The molecule has 2 aliphatic rings. The summed E-state index contributed by atoms with van der Waals surface area (Å²) in [6.45, 7) is -0.0191. The summed E-state index contributed by atoms with van der Waals surface area (Å²) in [5.41, 5.74) is 15.3. The lowest BCUT2D eigenvalue weighted by Gasteiger charge is -2.40. The fourth-order valence-electron chi connectivity index (χ4n) is 9.99. The van der Waals surface area contributed by atoms with Gasteiger partial charge in [-0.25, -0.2) is 0 Å². The number of benzene rings is 10. The Morgan fingerprint density at radius 2 is 1.05 bits per heavy atom. The third-order valence-electron chi connectivity index (χ3n) is 12.9. The van der Waals surface area contributed by atoms with Gasteiger partial charge in [0, 0.05) is 54.3 Å². The quantitative estimate of drug-likeness (QED) is 0.155. The van der Waals surface area contributed by atoms with E-state index < -0.39 is 0 Å². The van der Waals surface area contributed by atoms with Crippen molar-refractivity contribution in [3.8, 4) is 33.8 Å². The Bertz CT molecular complexity index is 3500. The molecule has 13 rings (SSSR count). The van der Waals surface area contributed by atoms with Gasteiger partial charge in [-0.3, -0.25) is 0 Å². The zero-order valence-corrected chi connectivity index (χ0v) is 35.0. The van der Waals surface area contributed by atoms with E-state index in [-0.39, 0.29) is 6.71 Å². The Kier molecular flexibility index (Phi) is 8.18. The van der Waals surface area contributed by atoms with Crippen LogP contribution in [0.3, 0.4) is 0 Å². The number of fused-ring (bicyclic) bond motifs is 9. The van der Waals surface area contributed by atoms with Gasteiger partial charge in [-0.2, -0.15) is 0 Å². The van der Waals surface area contributed by atoms with Gasteiger partial charge in [-0.15, -0.1) is 11.3 Å². The first-order valence-corrected chi connectivity index (χ1v) is 22.3. The molecule has 3 nitrogen and oxygen atoms in total. The second-order valence-electron chi connectivity index (χ2n) is 16.5. The molecule has 0 saturated carbocycles. The normalized spacial score (nSPS) is 12.5. The fourth-order valence-corrected chi connectivity index (χ4v) is 11.3. The van der Waals surface area contributed by atoms with Crippen molar-refractivity contribution in [2.75, 3.05) is 9.80 Å². The average Bonchev–Trinajstić information content (AvgIpc) is 3.72. The van der Waals surface area contributed by atoms with Gasteiger partial charge in [-0.1, -0.05) is 146 Å². The first-order valence-electron chi connectivity index (χ1n) is 21.5. The van der Waals surface area contributed by atoms with Gasteiger partial charge >= 0.3 is 0 Å². The number of ether oxygens (including phenoxy) is 1. The molecule has 0 N–H and O–H groups in total. The van der Waals surface area contributed by atoms with Crippen LogP contribution in [0.25, 0.3) is 53.2 Å². The third kappa shape index (κ3) is 5.81. The van der Waals surface area contributed by atoms with E-state index in [1.54, 1.807) is 0 Å². The van der Waals surface area contributed by atoms with Crippen LogP contribution in [-0.4, -0.2) is 6.71 Å². The lowest BCUT2D eigenvalue weighted by molar-refractivity contribution is 0.488. The molecule has 0 bridgehead atoms. The van der Waals surface area contributed by atoms with Crippen LogP contribution in [0.2, 0.25) is 0 Å². The van der Waals surface area contributed by atoms with Crippen molar-refractivity contribution >= 4 is 99.5 Å². The fraction of sp³-hybridized carbons (Fsp3) is 0. The summed E-state index contributed by atoms with van der Waals surface area (Å²) in [4.78, 5) is 4.76. The van der Waals surface area contributed by atoms with Gasteiger partial charge in [0.15, 0.2) is 0 Å². The predicted octanol–water partition coefficient (Wildman–Crippen LogP) is 14.4. The number of thiophene rings is 1. The van der Waals surface area contributed by atoms with E-state index in [9.17, 15) is 0 Å². The molecule has 0 amide bonds. The van der Waals surface area contributed by atoms with Gasteiger partial charge in [0.05, 0.1) is 0 Å². The summed E-state index contributed by atoms with van der Waals surface area (Å²) in [6.07, 6.45) is 0. The number of anilines is 6. The second-order valence-corrected chi connectivity index (χ2v) is 17.5. The minimum atomic E-state index is -0.0191. The molecule has 0 fully saturated rings. The molecule has 2 aliphatic heterocycles. The summed E-state index contributed by atoms with van der Waals surface area (Å²) in [7, 11) is 0. The van der Waals surface area contributed by atoms with Crippen molar-refractivity contribution in [1.29, 1.82) is 0 Å². The number of nitrogens with zero attached hydrogens (tertiary/aromatic N) is 2. The molecule has 0 aliphatic carbocycles. The first-order chi connectivity index (χ1) is 31.2. The highest BCUT2D eigenvalue weighted by molar-refractivity contribution is 7.26. The van der Waals surface area contributed by atoms with E-state index in [2.05, 4.69) is 234 Å². The van der Waals surface area contributed by atoms with Gasteiger partial charge in [0.1, 0.15) is 11.5 Å². The molecule has 0 saturated heterocycles. The largest absolute Gasteiger partial charge is 0.458 e. The highest BCUT2D eigenvalue weighted by atomic mass is 32.1. The van der Waals surface area contributed by atoms with E-state index in [0.717, 1.165) is 39.9 Å². The Labute approximate surface area is 370 Å². The van der Waals surface area contributed by atoms with E-state index in [1.807, 2.05) is 11.3 Å². The molecule has 10 aromatic carbocycles. The predicted molar refractivity (Wildman–Crippen MR) is 268 cm³/mol. The van der Waals surface area contributed by atoms with E-state index >= 15 is 0 Å². The van der Waals surface area contributed by atoms with Gasteiger partial charge in [0.25, 0.3) is 6.71 Å². The number of hydrogen-bond donors (Lipinski definition) is 0. The Morgan fingerprint density at radius 1 is 0.413 bits per heavy atom. The maximum Gasteiger partial charge on any atom is 0.256 e. The van der Waals surface area contributed by atoms with Crippen molar-refractivity contribution in [3.05, 3.63) is 224 Å². The highest BCUT2D eigenvalue weighted by Gasteiger charge is 2.42. The van der Waals surface area contributed by atoms with E-state index in [1.165, 1.54) is 75.3 Å². The maximum atomic E-state index is 7.03. The van der Waals surface area contributed by atoms with Crippen LogP contribution in [-0.2, 0) is 0 Å². The van der Waals surface area contributed by atoms with Gasteiger partial charge in [0.2, 0.25) is 0 Å². The third-order valence-corrected chi connectivity index (χ3v) is 14.1. The van der Waals surface area contributed by atoms with Crippen LogP contribution in [0.5, 0.6) is 11.5 Å². The Hall–Kier alpha value is -7.86. The van der Waals surface area contributed by atoms with Crippen LogP contribution in [0.15, 0.2) is 224 Å². The molecule has 11 aromatic rings. The van der Waals surface area contributed by atoms with Crippen molar-refractivity contribution in [1.82, 2.24) is 0 Å². The highest BCUT2D eigenvalue weighted by Crippen LogP contribution is 2.46. The lowest BCUT2D eigenvalue weighted by atomic mass is 9.34. The summed E-state index contributed by atoms with van der Waals surface area (Å²) >= 11 is 1.89. The minimum Gasteiger partial charge on any atom is -0.458 e. The molecule has 63 heavy (non-hydrogen) atoms. The molecule has 0 unspecified atom stereocenters. The van der Waals surface area contributed by atoms with Crippen LogP contribution in [0.1, 0.15) is 0 Å². The monoisotopic (exact) mass is 820 g/mol. The molecule has 294 valence electrons. The van der Waals surface area contributed by atoms with Crippen LogP contribution in [0, 0.1) is 0 Å². The zero-order valence-electron chi connectivity index (χ0n) is 34.2. The number of rotatable bonds is 6. The van der Waals surface area contributed by atoms with Crippen molar-refractivity contribution < 1.29 is 4.74 Å². The molecule has 1 aromatic heterocycles. The Morgan fingerprint density at radius 3 is 1.76 bits per heavy atom. The summed E-state index contributed by atoms with van der Waals surface area (Å²) in [5.74, 6) is 1.83. The molecule has 5 heteroatoms. The molecular weight excluding hydrogens is 784 g/mol. The lowest BCUT2D eigenvalue weighted by Crippen LogP contribution is -2.59. The summed E-state index contributed by atoms with van der Waals surface area (Å²) < 4.78 is 9.58. The van der Waals surface area contributed by atoms with Crippen LogP contribution >= 0.6 is 11.3 Å². The zero-order chi connectivity index (χ0) is 41.4. The van der Waals surface area contributed by atoms with Gasteiger partial charge < -0.3 is 14.5 Å². The van der Waals surface area contributed by atoms with Crippen LogP contribution < -0.4 is 30.9 Å². The first kappa shape index (κ1) is 35.9. The molecule has 3 heterocycles. The molecule has 0 radical (unpaired) electrons. The van der Waals surface area contributed by atoms with Crippen LogP contribution in [0.4, 0.5) is 34.1 Å². The Balaban J connectivity index is 0.967. The standard InChI is InChI=1S/C58H37BN2OS/c1-5-14-38(15-6-1)40-24-28-45(29-25-40)61-52-33-27-41(39-16-7-2-8-17-39)35-50(52)59-51-37-56-49(36-55(51)62-54-23-13-22-53(61)57(54)59)48-31-26-42-34-46(30-32-47(42)58(48)63-56)60(43-18-9-3-10-19-43)44-20-11-4-12-21-44/h1-37H. The average molecular weight is 821 g/mol. The second kappa shape index (κ2) is 14.4. The molecular formula is C58H37BN2OS. The maximum absolute atomic E-state index is 7.03. The topological polar surface area (TPSA) is 15.7 Å². The number of para-hydroxylation sites is 2. The summed E-state index contributed by atoms with van der Waals surface area (Å²) in [6, 6.07) is 81.3. The molecule has 0 spiro atoms. The summed E-state index contributed by atoms with van der Waals surface area (Å²) in [5, 5.41) is 4.95. The number of hydrogen-bond acceptors (Lipinski definition) is 4. The SMILES string of the molecule is c1ccc(-c2ccc(N3c4ccc(-c5ccccc5)cc4B4c5cc6sc7c8ccc(N(c9ccccc9)c9ccccc9)cc8ccc7c6cc5Oc5cccc3c54)cc2)cc1. The van der Waals surface area contributed by atoms with E-state index in [0.29, 0.717) is 0 Å². The van der Waals surface area contributed by atoms with Crippen molar-refractivity contribution in [2.24, 2.45) is 0 Å². The smallest absolute Gasteiger partial charge is 0.256 e. The molecule has 0 atom stereocenters. The van der Waals surface area contributed by atoms with Crippen molar-refractivity contribution in [3.63, 3.8) is 0 Å². The van der Waals surface area contributed by atoms with Crippen molar-refractivity contribution in [2.45, 2.75) is 0 Å². The van der Waals surface area contributed by atoms with E-state index in [4.69, 9.17) is 4.74 Å². The van der Waals surface area contributed by atoms with Gasteiger partial charge in [-0.05, 0) is 128 Å².